The van der Waals surface area contributed by atoms with Gasteiger partial charge in [0.1, 0.15) is 5.75 Å². The lowest BCUT2D eigenvalue weighted by Crippen LogP contribution is -2.53. The molecule has 5 aliphatic rings. The third kappa shape index (κ3) is 3.97. The average molecular weight is 440 g/mol. The summed E-state index contributed by atoms with van der Waals surface area (Å²) < 4.78 is 5.40. The number of benzene rings is 1. The minimum Gasteiger partial charge on any atom is -0.495 e. The van der Waals surface area contributed by atoms with Gasteiger partial charge in [-0.3, -0.25) is 14.4 Å². The van der Waals surface area contributed by atoms with E-state index in [-0.39, 0.29) is 29.6 Å². The lowest BCUT2D eigenvalue weighted by molar-refractivity contribution is -0.146. The normalized spacial score (nSPS) is 30.5. The first-order valence-electron chi connectivity index (χ1n) is 12.0. The Labute approximate surface area is 189 Å². The molecule has 172 valence electrons. The van der Waals surface area contributed by atoms with E-state index in [2.05, 4.69) is 10.6 Å². The number of nitrogens with one attached hydrogen (secondary N) is 2. The van der Waals surface area contributed by atoms with E-state index in [0.717, 1.165) is 43.4 Å². The standard InChI is InChI=1S/C25H33N3O4/c1-32-21-5-4-19(12-20(21)28-8-2-3-23(28)30)27-22(29)6-7-26-24(31)25-13-16-9-17(14-25)11-18(10-16)15-25/h4-5,12,16-18H,2-3,6-11,13-15H2,1H3,(H,26,31)(H,27,29). The molecule has 4 aliphatic carbocycles. The van der Waals surface area contributed by atoms with Crippen molar-refractivity contribution in [3.8, 4) is 5.75 Å². The highest BCUT2D eigenvalue weighted by molar-refractivity contribution is 5.98. The molecule has 1 aromatic carbocycles. The quantitative estimate of drug-likeness (QED) is 0.681. The van der Waals surface area contributed by atoms with Crippen LogP contribution >= 0.6 is 0 Å². The second kappa shape index (κ2) is 8.41. The van der Waals surface area contributed by atoms with Crippen molar-refractivity contribution < 1.29 is 19.1 Å². The van der Waals surface area contributed by atoms with Crippen molar-refractivity contribution in [3.05, 3.63) is 18.2 Å². The highest BCUT2D eigenvalue weighted by Crippen LogP contribution is 2.60. The molecule has 6 rings (SSSR count). The summed E-state index contributed by atoms with van der Waals surface area (Å²) in [5.74, 6) is 2.86. The predicted molar refractivity (Wildman–Crippen MR) is 121 cm³/mol. The number of nitrogens with zero attached hydrogens (tertiary/aromatic N) is 1. The lowest BCUT2D eigenvalue weighted by atomic mass is 9.49. The van der Waals surface area contributed by atoms with Crippen LogP contribution in [0.15, 0.2) is 18.2 Å². The largest absolute Gasteiger partial charge is 0.495 e. The van der Waals surface area contributed by atoms with Crippen LogP contribution < -0.4 is 20.3 Å². The molecule has 5 fully saturated rings. The number of anilines is 2. The van der Waals surface area contributed by atoms with E-state index in [9.17, 15) is 14.4 Å². The van der Waals surface area contributed by atoms with Gasteiger partial charge in [-0.15, -0.1) is 0 Å². The molecule has 1 saturated heterocycles. The average Bonchev–Trinajstić information content (AvgIpc) is 3.18. The second-order valence-corrected chi connectivity index (χ2v) is 10.3. The summed E-state index contributed by atoms with van der Waals surface area (Å²) in [7, 11) is 1.57. The number of rotatable bonds is 7. The van der Waals surface area contributed by atoms with Crippen molar-refractivity contribution in [1.82, 2.24) is 5.32 Å². The highest BCUT2D eigenvalue weighted by atomic mass is 16.5. The van der Waals surface area contributed by atoms with Crippen LogP contribution in [0.3, 0.4) is 0 Å². The number of ether oxygens (including phenoxy) is 1. The van der Waals surface area contributed by atoms with Crippen molar-refractivity contribution >= 4 is 29.1 Å². The minimum atomic E-state index is -0.182. The second-order valence-electron chi connectivity index (χ2n) is 10.3. The molecule has 1 aromatic rings. The fraction of sp³-hybridized carbons (Fsp3) is 0.640. The number of hydrogen-bond acceptors (Lipinski definition) is 4. The first-order valence-corrected chi connectivity index (χ1v) is 12.0. The van der Waals surface area contributed by atoms with Crippen LogP contribution in [0.1, 0.15) is 57.8 Å². The van der Waals surface area contributed by atoms with Crippen molar-refractivity contribution in [2.24, 2.45) is 23.2 Å². The summed E-state index contributed by atoms with van der Waals surface area (Å²) in [5.41, 5.74) is 1.12. The van der Waals surface area contributed by atoms with E-state index in [1.807, 2.05) is 0 Å². The summed E-state index contributed by atoms with van der Waals surface area (Å²) in [5, 5.41) is 5.96. The Morgan fingerprint density at radius 2 is 1.81 bits per heavy atom. The molecule has 0 aromatic heterocycles. The Hall–Kier alpha value is -2.57. The zero-order chi connectivity index (χ0) is 22.3. The van der Waals surface area contributed by atoms with E-state index in [4.69, 9.17) is 4.74 Å². The molecule has 32 heavy (non-hydrogen) atoms. The summed E-state index contributed by atoms with van der Waals surface area (Å²) >= 11 is 0. The number of carbonyl (C=O) groups excluding carboxylic acids is 3. The Kier molecular flexibility index (Phi) is 5.59. The van der Waals surface area contributed by atoms with Crippen LogP contribution in [0.4, 0.5) is 11.4 Å². The number of methoxy groups -OCH3 is 1. The van der Waals surface area contributed by atoms with Gasteiger partial charge >= 0.3 is 0 Å². The molecule has 3 amide bonds. The smallest absolute Gasteiger partial charge is 0.227 e. The van der Waals surface area contributed by atoms with Gasteiger partial charge in [0, 0.05) is 37.0 Å². The molecule has 0 radical (unpaired) electrons. The van der Waals surface area contributed by atoms with Crippen molar-refractivity contribution in [3.63, 3.8) is 0 Å². The Morgan fingerprint density at radius 3 is 2.41 bits per heavy atom. The third-order valence-corrected chi connectivity index (χ3v) is 7.98. The molecule has 0 spiro atoms. The van der Waals surface area contributed by atoms with E-state index >= 15 is 0 Å². The van der Waals surface area contributed by atoms with Gasteiger partial charge in [-0.1, -0.05) is 0 Å². The molecule has 4 bridgehead atoms. The molecule has 1 aliphatic heterocycles. The van der Waals surface area contributed by atoms with Gasteiger partial charge in [-0.2, -0.15) is 0 Å². The molecule has 2 N–H and O–H groups in total. The monoisotopic (exact) mass is 439 g/mol. The van der Waals surface area contributed by atoms with Gasteiger partial charge in [-0.25, -0.2) is 0 Å². The van der Waals surface area contributed by atoms with Crippen LogP contribution in [0.5, 0.6) is 5.75 Å². The number of amides is 3. The van der Waals surface area contributed by atoms with Crippen molar-refractivity contribution in [2.75, 3.05) is 30.4 Å². The SMILES string of the molecule is COc1ccc(NC(=O)CCNC(=O)C23CC4CC(CC(C4)C2)C3)cc1N1CCCC1=O. The molecule has 7 nitrogen and oxygen atoms in total. The van der Waals surface area contributed by atoms with Crippen LogP contribution in [-0.4, -0.2) is 37.9 Å². The Morgan fingerprint density at radius 1 is 1.12 bits per heavy atom. The van der Waals surface area contributed by atoms with E-state index in [1.54, 1.807) is 30.2 Å². The maximum Gasteiger partial charge on any atom is 0.227 e. The molecular formula is C25H33N3O4. The molecule has 0 atom stereocenters. The number of hydrogen-bond donors (Lipinski definition) is 2. The summed E-state index contributed by atoms with van der Waals surface area (Å²) in [4.78, 5) is 39.4. The first-order chi connectivity index (χ1) is 15.5. The fourth-order valence-electron chi connectivity index (χ4n) is 6.97. The maximum absolute atomic E-state index is 13.0. The minimum absolute atomic E-state index is 0.0687. The summed E-state index contributed by atoms with van der Waals surface area (Å²) in [6.07, 6.45) is 8.58. The lowest BCUT2D eigenvalue weighted by Gasteiger charge is -2.55. The van der Waals surface area contributed by atoms with E-state index in [1.165, 1.54) is 19.3 Å². The van der Waals surface area contributed by atoms with Gasteiger partial charge < -0.3 is 20.3 Å². The van der Waals surface area contributed by atoms with Gasteiger partial charge in [0.2, 0.25) is 17.7 Å². The van der Waals surface area contributed by atoms with Crippen LogP contribution in [0, 0.1) is 23.2 Å². The van der Waals surface area contributed by atoms with Gasteiger partial charge in [-0.05, 0) is 80.9 Å². The summed E-state index contributed by atoms with van der Waals surface area (Å²) in [6, 6.07) is 5.33. The van der Waals surface area contributed by atoms with Gasteiger partial charge in [0.15, 0.2) is 0 Å². The van der Waals surface area contributed by atoms with E-state index in [0.29, 0.717) is 36.6 Å². The van der Waals surface area contributed by atoms with Crippen molar-refractivity contribution in [1.29, 1.82) is 0 Å². The third-order valence-electron chi connectivity index (χ3n) is 7.98. The van der Waals surface area contributed by atoms with Gasteiger partial charge in [0.25, 0.3) is 0 Å². The first kappa shape index (κ1) is 21.3. The maximum atomic E-state index is 13.0. The zero-order valence-electron chi connectivity index (χ0n) is 18.8. The van der Waals surface area contributed by atoms with Crippen LogP contribution in [0.25, 0.3) is 0 Å². The van der Waals surface area contributed by atoms with Crippen molar-refractivity contribution in [2.45, 2.75) is 57.8 Å². The Balaban J connectivity index is 1.15. The topological polar surface area (TPSA) is 87.7 Å². The zero-order valence-corrected chi connectivity index (χ0v) is 18.8. The molecular weight excluding hydrogens is 406 g/mol. The predicted octanol–water partition coefficient (Wildman–Crippen LogP) is 3.48. The van der Waals surface area contributed by atoms with Crippen LogP contribution in [0.2, 0.25) is 0 Å². The van der Waals surface area contributed by atoms with Gasteiger partial charge in [0.05, 0.1) is 12.8 Å². The Bertz CT molecular complexity index is 892. The highest BCUT2D eigenvalue weighted by Gasteiger charge is 2.54. The van der Waals surface area contributed by atoms with Crippen LogP contribution in [-0.2, 0) is 14.4 Å². The molecule has 0 unspecified atom stereocenters. The fourth-order valence-corrected chi connectivity index (χ4v) is 6.97. The summed E-state index contributed by atoms with van der Waals surface area (Å²) in [6.45, 7) is 1.00. The molecule has 4 saturated carbocycles. The van der Waals surface area contributed by atoms with E-state index < -0.39 is 0 Å². The molecule has 1 heterocycles. The molecule has 7 heteroatoms. The number of carbonyl (C=O) groups is 3.